The van der Waals surface area contributed by atoms with E-state index in [9.17, 15) is 4.79 Å². The van der Waals surface area contributed by atoms with Crippen LogP contribution >= 0.6 is 12.2 Å². The van der Waals surface area contributed by atoms with Crippen molar-refractivity contribution in [1.29, 1.82) is 0 Å². The summed E-state index contributed by atoms with van der Waals surface area (Å²) < 4.78 is 11.0. The molecule has 0 radical (unpaired) electrons. The Morgan fingerprint density at radius 1 is 1.07 bits per heavy atom. The molecular formula is C21H22N2O3S. The zero-order valence-electron chi connectivity index (χ0n) is 15.3. The molecule has 5 nitrogen and oxygen atoms in total. The molecule has 1 aliphatic rings. The Labute approximate surface area is 164 Å². The molecule has 0 spiro atoms. The zero-order valence-corrected chi connectivity index (χ0v) is 16.1. The van der Waals surface area contributed by atoms with Crippen LogP contribution in [0.5, 0.6) is 11.5 Å². The summed E-state index contributed by atoms with van der Waals surface area (Å²) in [6, 6.07) is 13.5. The van der Waals surface area contributed by atoms with Gasteiger partial charge in [-0.05, 0) is 47.5 Å². The van der Waals surface area contributed by atoms with Crippen LogP contribution in [0.1, 0.15) is 30.9 Å². The number of rotatable bonds is 4. The second-order valence-corrected chi connectivity index (χ2v) is 6.86. The lowest BCUT2D eigenvalue weighted by Crippen LogP contribution is -2.32. The van der Waals surface area contributed by atoms with Gasteiger partial charge in [-0.2, -0.15) is 0 Å². The van der Waals surface area contributed by atoms with Crippen LogP contribution < -0.4 is 20.1 Å². The summed E-state index contributed by atoms with van der Waals surface area (Å²) in [7, 11) is 0. The van der Waals surface area contributed by atoms with Gasteiger partial charge in [-0.1, -0.05) is 38.1 Å². The molecule has 1 amide bonds. The van der Waals surface area contributed by atoms with Crippen molar-refractivity contribution in [1.82, 2.24) is 5.32 Å². The quantitative estimate of drug-likeness (QED) is 0.616. The Balaban J connectivity index is 1.53. The van der Waals surface area contributed by atoms with E-state index in [4.69, 9.17) is 21.7 Å². The normalized spacial score (nSPS) is 12.9. The molecule has 0 aliphatic carbocycles. The molecule has 2 aromatic carbocycles. The molecule has 6 heteroatoms. The van der Waals surface area contributed by atoms with Crippen LogP contribution in [0.4, 0.5) is 5.69 Å². The summed E-state index contributed by atoms with van der Waals surface area (Å²) in [4.78, 5) is 12.1. The van der Waals surface area contributed by atoms with Crippen molar-refractivity contribution >= 4 is 35.0 Å². The average molecular weight is 382 g/mol. The van der Waals surface area contributed by atoms with Gasteiger partial charge < -0.3 is 14.8 Å². The van der Waals surface area contributed by atoms with E-state index in [0.29, 0.717) is 30.6 Å². The highest BCUT2D eigenvalue weighted by molar-refractivity contribution is 7.80. The number of nitrogens with one attached hydrogen (secondary N) is 2. The first-order valence-corrected chi connectivity index (χ1v) is 9.22. The van der Waals surface area contributed by atoms with E-state index in [-0.39, 0.29) is 11.0 Å². The Kier molecular flexibility index (Phi) is 6.08. The number of fused-ring (bicyclic) bond motifs is 1. The number of thiocarbonyl (C=S) groups is 1. The molecule has 0 saturated heterocycles. The van der Waals surface area contributed by atoms with Crippen molar-refractivity contribution in [2.75, 3.05) is 18.5 Å². The van der Waals surface area contributed by atoms with Gasteiger partial charge in [0.05, 0.1) is 0 Å². The summed E-state index contributed by atoms with van der Waals surface area (Å²) in [5, 5.41) is 5.82. The van der Waals surface area contributed by atoms with E-state index >= 15 is 0 Å². The number of carbonyl (C=O) groups excluding carboxylic acids is 1. The SMILES string of the molecule is CC(C)c1ccc(/C=C/C(=O)NC(=S)Nc2ccc3c(c2)OCCO3)cc1. The largest absolute Gasteiger partial charge is 0.486 e. The van der Waals surface area contributed by atoms with E-state index in [1.165, 1.54) is 11.6 Å². The van der Waals surface area contributed by atoms with Gasteiger partial charge in [0, 0.05) is 17.8 Å². The fourth-order valence-electron chi connectivity index (χ4n) is 2.60. The van der Waals surface area contributed by atoms with Gasteiger partial charge in [-0.25, -0.2) is 0 Å². The van der Waals surface area contributed by atoms with Gasteiger partial charge in [0.15, 0.2) is 16.6 Å². The molecule has 1 aliphatic heterocycles. The third-order valence-electron chi connectivity index (χ3n) is 4.07. The smallest absolute Gasteiger partial charge is 0.250 e. The Morgan fingerprint density at radius 3 is 2.48 bits per heavy atom. The Morgan fingerprint density at radius 2 is 1.78 bits per heavy atom. The van der Waals surface area contributed by atoms with Gasteiger partial charge in [0.2, 0.25) is 5.91 Å². The Hall–Kier alpha value is -2.86. The summed E-state index contributed by atoms with van der Waals surface area (Å²) in [6.07, 6.45) is 3.22. The highest BCUT2D eigenvalue weighted by Crippen LogP contribution is 2.32. The van der Waals surface area contributed by atoms with Crippen LogP contribution in [-0.4, -0.2) is 24.2 Å². The number of hydrogen-bond acceptors (Lipinski definition) is 4. The first-order valence-electron chi connectivity index (χ1n) is 8.81. The van der Waals surface area contributed by atoms with E-state index in [1.807, 2.05) is 24.3 Å². The Bertz CT molecular complexity index is 860. The molecule has 0 unspecified atom stereocenters. The number of anilines is 1. The van der Waals surface area contributed by atoms with Crippen LogP contribution in [0.3, 0.4) is 0 Å². The van der Waals surface area contributed by atoms with Crippen LogP contribution in [0.25, 0.3) is 6.08 Å². The van der Waals surface area contributed by atoms with Crippen LogP contribution in [0, 0.1) is 0 Å². The molecule has 0 fully saturated rings. The fraction of sp³-hybridized carbons (Fsp3) is 0.238. The van der Waals surface area contributed by atoms with Gasteiger partial charge >= 0.3 is 0 Å². The third kappa shape index (κ3) is 5.31. The predicted molar refractivity (Wildman–Crippen MR) is 111 cm³/mol. The fourth-order valence-corrected chi connectivity index (χ4v) is 2.82. The lowest BCUT2D eigenvalue weighted by Gasteiger charge is -2.19. The van der Waals surface area contributed by atoms with Gasteiger partial charge in [0.25, 0.3) is 0 Å². The summed E-state index contributed by atoms with van der Waals surface area (Å²) in [6.45, 7) is 5.35. The second-order valence-electron chi connectivity index (χ2n) is 6.46. The monoisotopic (exact) mass is 382 g/mol. The lowest BCUT2D eigenvalue weighted by molar-refractivity contribution is -0.115. The number of amides is 1. The molecule has 3 rings (SSSR count). The average Bonchev–Trinajstić information content (AvgIpc) is 2.66. The third-order valence-corrected chi connectivity index (χ3v) is 4.27. The second kappa shape index (κ2) is 8.68. The molecule has 140 valence electrons. The molecule has 27 heavy (non-hydrogen) atoms. The first-order chi connectivity index (χ1) is 13.0. The number of hydrogen-bond donors (Lipinski definition) is 2. The van der Waals surface area contributed by atoms with E-state index in [1.54, 1.807) is 12.1 Å². The van der Waals surface area contributed by atoms with Crippen LogP contribution in [0.2, 0.25) is 0 Å². The van der Waals surface area contributed by atoms with Crippen LogP contribution in [-0.2, 0) is 4.79 Å². The van der Waals surface area contributed by atoms with E-state index in [0.717, 1.165) is 11.3 Å². The minimum Gasteiger partial charge on any atom is -0.486 e. The molecule has 0 atom stereocenters. The maximum atomic E-state index is 12.1. The van der Waals surface area contributed by atoms with Crippen molar-refractivity contribution in [2.45, 2.75) is 19.8 Å². The standard InChI is InChI=1S/C21H22N2O3S/c1-14(2)16-6-3-15(4-7-16)5-10-20(24)23-21(27)22-17-8-9-18-19(13-17)26-12-11-25-18/h3-10,13-14H,11-12H2,1-2H3,(H2,22,23,24,27)/b10-5+. The maximum absolute atomic E-state index is 12.1. The van der Waals surface area contributed by atoms with Crippen molar-refractivity contribution in [3.8, 4) is 11.5 Å². The van der Waals surface area contributed by atoms with Gasteiger partial charge in [0.1, 0.15) is 13.2 Å². The van der Waals surface area contributed by atoms with E-state index in [2.05, 4.69) is 36.6 Å². The van der Waals surface area contributed by atoms with Crippen molar-refractivity contribution in [2.24, 2.45) is 0 Å². The summed E-state index contributed by atoms with van der Waals surface area (Å²) >= 11 is 5.19. The van der Waals surface area contributed by atoms with Crippen molar-refractivity contribution in [3.63, 3.8) is 0 Å². The molecule has 0 saturated carbocycles. The highest BCUT2D eigenvalue weighted by atomic mass is 32.1. The number of ether oxygens (including phenoxy) is 2. The number of carbonyl (C=O) groups is 1. The topological polar surface area (TPSA) is 59.6 Å². The van der Waals surface area contributed by atoms with Crippen LogP contribution in [0.15, 0.2) is 48.5 Å². The summed E-state index contributed by atoms with van der Waals surface area (Å²) in [5.41, 5.74) is 2.94. The zero-order chi connectivity index (χ0) is 19.2. The lowest BCUT2D eigenvalue weighted by atomic mass is 10.0. The van der Waals surface area contributed by atoms with Gasteiger partial charge in [-0.15, -0.1) is 0 Å². The molecule has 2 N–H and O–H groups in total. The molecule has 1 heterocycles. The molecule has 0 aromatic heterocycles. The van der Waals surface area contributed by atoms with Gasteiger partial charge in [-0.3, -0.25) is 10.1 Å². The predicted octanol–water partition coefficient (Wildman–Crippen LogP) is 4.11. The maximum Gasteiger partial charge on any atom is 0.250 e. The molecular weight excluding hydrogens is 360 g/mol. The molecule has 2 aromatic rings. The molecule has 0 bridgehead atoms. The minimum atomic E-state index is -0.294. The number of benzene rings is 2. The first kappa shape index (κ1) is 18.9. The van der Waals surface area contributed by atoms with Crippen molar-refractivity contribution < 1.29 is 14.3 Å². The minimum absolute atomic E-state index is 0.219. The highest BCUT2D eigenvalue weighted by Gasteiger charge is 2.12. The van der Waals surface area contributed by atoms with E-state index < -0.39 is 0 Å². The summed E-state index contributed by atoms with van der Waals surface area (Å²) in [5.74, 6) is 1.55. The van der Waals surface area contributed by atoms with Crippen molar-refractivity contribution in [3.05, 3.63) is 59.7 Å².